The van der Waals surface area contributed by atoms with Crippen molar-refractivity contribution in [3.8, 4) is 0 Å². The van der Waals surface area contributed by atoms with Gasteiger partial charge in [0.25, 0.3) is 0 Å². The number of carbonyl (C=O) groups excluding carboxylic acids is 2. The average molecular weight is 258 g/mol. The number of fused-ring (bicyclic) bond motifs is 1. The molecule has 0 saturated carbocycles. The van der Waals surface area contributed by atoms with Gasteiger partial charge in [-0.3, -0.25) is 0 Å². The molecule has 5 nitrogen and oxygen atoms in total. The second-order valence-corrected chi connectivity index (χ2v) is 4.20. The Hall–Kier alpha value is -1.61. The van der Waals surface area contributed by atoms with Crippen LogP contribution in [0, 0.1) is 0 Å². The molecule has 0 fully saturated rings. The molecule has 2 heterocycles. The van der Waals surface area contributed by atoms with Crippen LogP contribution >= 0.6 is 0 Å². The Bertz CT molecular complexity index is 450. The molecule has 0 aliphatic rings. The Morgan fingerprint density at radius 1 is 1.50 bits per heavy atom. The largest absolute Gasteiger partial charge is 0.373 e. The van der Waals surface area contributed by atoms with E-state index in [2.05, 4.69) is 9.92 Å². The van der Waals surface area contributed by atoms with Crippen LogP contribution in [0.25, 0.3) is 9.78 Å². The summed E-state index contributed by atoms with van der Waals surface area (Å²) in [5, 5.41) is 9.62. The van der Waals surface area contributed by atoms with Crippen molar-refractivity contribution < 1.29 is 19.5 Å². The summed E-state index contributed by atoms with van der Waals surface area (Å²) in [6.45, 7) is 0. The molecule has 0 aliphatic heterocycles. The molecule has 2 N–H and O–H groups in total. The summed E-state index contributed by atoms with van der Waals surface area (Å²) in [6.07, 6.45) is 0.250. The molecule has 0 aliphatic carbocycles. The fourth-order valence-corrected chi connectivity index (χ4v) is 2.61. The van der Waals surface area contributed by atoms with Gasteiger partial charge in [-0.2, -0.15) is 9.59 Å². The third-order valence-electron chi connectivity index (χ3n) is 1.47. The second kappa shape index (κ2) is 4.58. The smallest absolute Gasteiger partial charge is 0.186 e. The first-order valence-electron chi connectivity index (χ1n) is 3.48. The van der Waals surface area contributed by atoms with Gasteiger partial charge in [0.15, 0.2) is 0 Å². The zero-order valence-corrected chi connectivity index (χ0v) is 8.53. The first-order chi connectivity index (χ1) is 6.69. The molecule has 0 bridgehead atoms. The van der Waals surface area contributed by atoms with E-state index in [0.29, 0.717) is 20.2 Å². The molecule has 0 amide bonds. The number of aromatic carboxylic acids is 1. The Morgan fingerprint density at radius 2 is 2.14 bits per heavy atom. The van der Waals surface area contributed by atoms with Crippen molar-refractivity contribution in [1.82, 2.24) is 4.98 Å². The van der Waals surface area contributed by atoms with Gasteiger partial charge in [-0.1, -0.05) is 0 Å². The SMILES string of the molecule is O=C(O)c1cc2cc[se]c2[nH]1.O=C=O. The molecule has 0 aromatic carbocycles. The summed E-state index contributed by atoms with van der Waals surface area (Å²) in [7, 11) is 0. The number of nitrogens with one attached hydrogen (secondary N) is 1. The summed E-state index contributed by atoms with van der Waals surface area (Å²) in [4.78, 5) is 31.6. The molecule has 0 spiro atoms. The third-order valence-corrected chi connectivity index (χ3v) is 3.25. The van der Waals surface area contributed by atoms with Crippen LogP contribution in [0.3, 0.4) is 0 Å². The topological polar surface area (TPSA) is 87.2 Å². The Morgan fingerprint density at radius 3 is 2.64 bits per heavy atom. The average Bonchev–Trinajstić information content (AvgIpc) is 2.61. The number of H-pyrrole nitrogens is 1. The monoisotopic (exact) mass is 259 g/mol. The molecule has 0 unspecified atom stereocenters. The van der Waals surface area contributed by atoms with Gasteiger partial charge in [-0.15, -0.1) is 0 Å². The standard InChI is InChI=1S/C7H5NO2Se.CO2/c9-7(10)5-3-4-1-2-11-6(4)8-5;2-1-3/h1-3,8H,(H,9,10);. The third kappa shape index (κ3) is 2.20. The number of hydrogen-bond donors (Lipinski definition) is 2. The van der Waals surface area contributed by atoms with E-state index >= 15 is 0 Å². The summed E-state index contributed by atoms with van der Waals surface area (Å²) < 4.78 is 1.06. The van der Waals surface area contributed by atoms with Gasteiger partial charge in [0.05, 0.1) is 0 Å². The van der Waals surface area contributed by atoms with Gasteiger partial charge >= 0.3 is 74.1 Å². The van der Waals surface area contributed by atoms with Crippen molar-refractivity contribution in [2.24, 2.45) is 0 Å². The van der Waals surface area contributed by atoms with Crippen LogP contribution in [0.2, 0.25) is 0 Å². The fourth-order valence-electron chi connectivity index (χ4n) is 0.963. The van der Waals surface area contributed by atoms with E-state index in [1.807, 2.05) is 6.07 Å². The number of rotatable bonds is 1. The summed E-state index contributed by atoms with van der Waals surface area (Å²) in [5.41, 5.74) is 0.293. The maximum Gasteiger partial charge on any atom is 0.373 e. The zero-order valence-electron chi connectivity index (χ0n) is 6.81. The number of aromatic amines is 1. The number of carboxylic acid groups (broad SMARTS) is 1. The van der Waals surface area contributed by atoms with Gasteiger partial charge in [0, 0.05) is 0 Å². The number of carbonyl (C=O) groups is 1. The number of carboxylic acids is 1. The van der Waals surface area contributed by atoms with Crippen LogP contribution in [0.1, 0.15) is 10.5 Å². The van der Waals surface area contributed by atoms with Crippen LogP contribution in [0.4, 0.5) is 0 Å². The van der Waals surface area contributed by atoms with Crippen molar-refractivity contribution in [2.75, 3.05) is 0 Å². The Kier molecular flexibility index (Phi) is 3.42. The Labute approximate surface area is 84.1 Å². The van der Waals surface area contributed by atoms with Gasteiger partial charge in [0.1, 0.15) is 0 Å². The van der Waals surface area contributed by atoms with E-state index in [9.17, 15) is 4.79 Å². The number of hydrogen-bond acceptors (Lipinski definition) is 3. The molecular weight excluding hydrogens is 253 g/mol. The van der Waals surface area contributed by atoms with E-state index in [4.69, 9.17) is 14.7 Å². The summed E-state index contributed by atoms with van der Waals surface area (Å²) in [5.74, 6) is -0.886. The van der Waals surface area contributed by atoms with Crippen molar-refractivity contribution in [2.45, 2.75) is 0 Å². The molecule has 0 radical (unpaired) electrons. The van der Waals surface area contributed by atoms with Crippen LogP contribution in [-0.2, 0) is 9.59 Å². The van der Waals surface area contributed by atoms with Gasteiger partial charge in [-0.05, 0) is 0 Å². The van der Waals surface area contributed by atoms with Crippen molar-refractivity contribution in [3.05, 3.63) is 22.8 Å². The van der Waals surface area contributed by atoms with Crippen LogP contribution in [0.5, 0.6) is 0 Å². The summed E-state index contributed by atoms with van der Waals surface area (Å²) >= 11 is 0.309. The van der Waals surface area contributed by atoms with Gasteiger partial charge < -0.3 is 0 Å². The molecule has 0 saturated heterocycles. The molecule has 14 heavy (non-hydrogen) atoms. The van der Waals surface area contributed by atoms with Crippen LogP contribution < -0.4 is 0 Å². The maximum absolute atomic E-state index is 10.5. The summed E-state index contributed by atoms with van der Waals surface area (Å²) in [6, 6.07) is 3.63. The predicted octanol–water partition coefficient (Wildman–Crippen LogP) is 0.340. The van der Waals surface area contributed by atoms with Crippen molar-refractivity contribution in [1.29, 1.82) is 0 Å². The first kappa shape index (κ1) is 10.5. The fraction of sp³-hybridized carbons (Fsp3) is 0. The molecule has 2 aromatic rings. The minimum Gasteiger partial charge on any atom is -0.186 e. The quantitative estimate of drug-likeness (QED) is 0.722. The van der Waals surface area contributed by atoms with Gasteiger partial charge in [0.2, 0.25) is 0 Å². The van der Waals surface area contributed by atoms with E-state index < -0.39 is 5.97 Å². The van der Waals surface area contributed by atoms with Crippen molar-refractivity contribution in [3.63, 3.8) is 0 Å². The minimum atomic E-state index is -0.886. The first-order valence-corrected chi connectivity index (χ1v) is 5.32. The minimum absolute atomic E-state index is 0.250. The molecule has 6 heteroatoms. The number of aromatic nitrogens is 1. The predicted molar refractivity (Wildman–Crippen MR) is 47.2 cm³/mol. The zero-order chi connectivity index (χ0) is 10.6. The van der Waals surface area contributed by atoms with E-state index in [1.54, 1.807) is 6.07 Å². The molecule has 2 aromatic heterocycles. The molecule has 0 atom stereocenters. The van der Waals surface area contributed by atoms with E-state index in [1.165, 1.54) is 0 Å². The van der Waals surface area contributed by atoms with E-state index in [-0.39, 0.29) is 6.15 Å². The molecule has 2 rings (SSSR count). The molecular formula is C8H5NO4Se. The molecule has 72 valence electrons. The normalized spacial score (nSPS) is 8.86. The Balaban J connectivity index is 0.000000293. The van der Waals surface area contributed by atoms with Crippen LogP contribution in [0.15, 0.2) is 17.1 Å². The van der Waals surface area contributed by atoms with E-state index in [0.717, 1.165) is 9.78 Å². The van der Waals surface area contributed by atoms with Crippen molar-refractivity contribution >= 4 is 36.4 Å². The van der Waals surface area contributed by atoms with Crippen LogP contribution in [-0.4, -0.2) is 36.7 Å². The second-order valence-electron chi connectivity index (χ2n) is 2.28. The maximum atomic E-state index is 10.5. The van der Waals surface area contributed by atoms with Gasteiger partial charge in [-0.25, -0.2) is 0 Å².